The van der Waals surface area contributed by atoms with Crippen LogP contribution < -0.4 is 20.1 Å². The van der Waals surface area contributed by atoms with Gasteiger partial charge >= 0.3 is 0 Å². The standard InChI is InChI=1S/C24H20FN3O3S/c1-30-20-7-4-8-21(31-2)22(20)23(29)26-18-6-3-5-15(13-18)19-14-32-24(28-19)27-17-11-9-16(25)10-12-17/h3-14H,1-2H3,(H,26,29)(H,27,28). The molecule has 0 unspecified atom stereocenters. The minimum atomic E-state index is -0.339. The molecule has 162 valence electrons. The zero-order chi connectivity index (χ0) is 22.5. The highest BCUT2D eigenvalue weighted by atomic mass is 32.1. The Bertz CT molecular complexity index is 1220. The number of carbonyl (C=O) groups excluding carboxylic acids is 1. The second-order valence-electron chi connectivity index (χ2n) is 6.74. The van der Waals surface area contributed by atoms with Crippen molar-refractivity contribution in [1.82, 2.24) is 4.98 Å². The monoisotopic (exact) mass is 449 g/mol. The number of halogens is 1. The molecule has 1 amide bonds. The quantitative estimate of drug-likeness (QED) is 0.364. The molecule has 0 fully saturated rings. The summed E-state index contributed by atoms with van der Waals surface area (Å²) in [6, 6.07) is 18.7. The fourth-order valence-corrected chi connectivity index (χ4v) is 3.89. The van der Waals surface area contributed by atoms with Crippen molar-refractivity contribution in [2.24, 2.45) is 0 Å². The number of nitrogens with one attached hydrogen (secondary N) is 2. The number of hydrogen-bond donors (Lipinski definition) is 2. The first-order chi connectivity index (χ1) is 15.6. The summed E-state index contributed by atoms with van der Waals surface area (Å²) in [5.41, 5.74) is 3.28. The minimum Gasteiger partial charge on any atom is -0.496 e. The van der Waals surface area contributed by atoms with Gasteiger partial charge in [-0.3, -0.25) is 4.79 Å². The highest BCUT2D eigenvalue weighted by Gasteiger charge is 2.18. The number of benzene rings is 3. The third kappa shape index (κ3) is 4.70. The van der Waals surface area contributed by atoms with Crippen LogP contribution in [-0.4, -0.2) is 25.1 Å². The van der Waals surface area contributed by atoms with E-state index < -0.39 is 0 Å². The molecule has 0 atom stereocenters. The lowest BCUT2D eigenvalue weighted by Gasteiger charge is -2.13. The molecule has 6 nitrogen and oxygen atoms in total. The number of ether oxygens (including phenoxy) is 2. The van der Waals surface area contributed by atoms with Crippen molar-refractivity contribution in [2.45, 2.75) is 0 Å². The summed E-state index contributed by atoms with van der Waals surface area (Å²) >= 11 is 1.43. The Morgan fingerprint density at radius 1 is 0.938 bits per heavy atom. The Morgan fingerprint density at radius 2 is 1.62 bits per heavy atom. The Morgan fingerprint density at radius 3 is 2.31 bits per heavy atom. The largest absolute Gasteiger partial charge is 0.496 e. The number of anilines is 3. The highest BCUT2D eigenvalue weighted by Crippen LogP contribution is 2.31. The lowest BCUT2D eigenvalue weighted by atomic mass is 10.1. The van der Waals surface area contributed by atoms with E-state index in [9.17, 15) is 9.18 Å². The number of rotatable bonds is 7. The van der Waals surface area contributed by atoms with Crippen molar-refractivity contribution in [2.75, 3.05) is 24.9 Å². The maximum atomic E-state index is 13.1. The number of amides is 1. The number of methoxy groups -OCH3 is 2. The summed E-state index contributed by atoms with van der Waals surface area (Å²) in [5, 5.41) is 8.65. The zero-order valence-corrected chi connectivity index (χ0v) is 18.2. The van der Waals surface area contributed by atoms with Gasteiger partial charge in [-0.2, -0.15) is 0 Å². The molecule has 3 aromatic carbocycles. The van der Waals surface area contributed by atoms with Gasteiger partial charge in [0.15, 0.2) is 5.13 Å². The van der Waals surface area contributed by atoms with Gasteiger partial charge in [0.1, 0.15) is 22.9 Å². The predicted molar refractivity (Wildman–Crippen MR) is 125 cm³/mol. The fourth-order valence-electron chi connectivity index (χ4n) is 3.15. The van der Waals surface area contributed by atoms with Crippen molar-refractivity contribution in [3.63, 3.8) is 0 Å². The molecule has 0 bridgehead atoms. The van der Waals surface area contributed by atoms with Crippen LogP contribution in [0.1, 0.15) is 10.4 Å². The van der Waals surface area contributed by atoms with Crippen LogP contribution >= 0.6 is 11.3 Å². The molecule has 8 heteroatoms. The molecule has 1 heterocycles. The zero-order valence-electron chi connectivity index (χ0n) is 17.4. The van der Waals surface area contributed by atoms with E-state index in [1.807, 2.05) is 23.6 Å². The van der Waals surface area contributed by atoms with Crippen molar-refractivity contribution in [3.8, 4) is 22.8 Å². The minimum absolute atomic E-state index is 0.292. The van der Waals surface area contributed by atoms with Gasteiger partial charge in [0.05, 0.1) is 19.9 Å². The lowest BCUT2D eigenvalue weighted by Crippen LogP contribution is -2.14. The first-order valence-electron chi connectivity index (χ1n) is 9.68. The first-order valence-corrected chi connectivity index (χ1v) is 10.6. The molecule has 0 spiro atoms. The highest BCUT2D eigenvalue weighted by molar-refractivity contribution is 7.14. The van der Waals surface area contributed by atoms with E-state index in [-0.39, 0.29) is 11.7 Å². The second kappa shape index (κ2) is 9.49. The summed E-state index contributed by atoms with van der Waals surface area (Å²) in [4.78, 5) is 17.5. The van der Waals surface area contributed by atoms with E-state index in [2.05, 4.69) is 15.6 Å². The Balaban J connectivity index is 1.53. The molecule has 0 aliphatic rings. The topological polar surface area (TPSA) is 72.5 Å². The van der Waals surface area contributed by atoms with E-state index in [0.717, 1.165) is 16.9 Å². The predicted octanol–water partition coefficient (Wildman–Crippen LogP) is 5.96. The molecular weight excluding hydrogens is 429 g/mol. The Kier molecular flexibility index (Phi) is 6.32. The number of thiazole rings is 1. The third-order valence-electron chi connectivity index (χ3n) is 4.67. The maximum absolute atomic E-state index is 13.1. The summed E-state index contributed by atoms with van der Waals surface area (Å²) in [6.07, 6.45) is 0. The van der Waals surface area contributed by atoms with Crippen LogP contribution in [0.5, 0.6) is 11.5 Å². The van der Waals surface area contributed by atoms with Gasteiger partial charge in [-0.05, 0) is 48.5 Å². The average Bonchev–Trinajstić information content (AvgIpc) is 3.28. The van der Waals surface area contributed by atoms with Crippen LogP contribution in [0.25, 0.3) is 11.3 Å². The fraction of sp³-hybridized carbons (Fsp3) is 0.0833. The smallest absolute Gasteiger partial charge is 0.263 e. The molecule has 0 saturated carbocycles. The van der Waals surface area contributed by atoms with Crippen LogP contribution in [0, 0.1) is 5.82 Å². The molecule has 4 aromatic rings. The first kappa shape index (κ1) is 21.3. The van der Waals surface area contributed by atoms with Crippen molar-refractivity contribution >= 4 is 33.8 Å². The summed E-state index contributed by atoms with van der Waals surface area (Å²) in [5.74, 6) is 0.219. The molecule has 0 radical (unpaired) electrons. The van der Waals surface area contributed by atoms with Gasteiger partial charge in [-0.1, -0.05) is 18.2 Å². The molecule has 4 rings (SSSR count). The number of carbonyl (C=O) groups is 1. The number of nitrogens with zero attached hydrogens (tertiary/aromatic N) is 1. The van der Waals surface area contributed by atoms with Gasteiger partial charge in [0.25, 0.3) is 5.91 Å². The van der Waals surface area contributed by atoms with E-state index in [1.165, 1.54) is 37.7 Å². The van der Waals surface area contributed by atoms with Crippen LogP contribution in [0.4, 0.5) is 20.9 Å². The van der Waals surface area contributed by atoms with Gasteiger partial charge in [0.2, 0.25) is 0 Å². The molecule has 1 aromatic heterocycles. The lowest BCUT2D eigenvalue weighted by molar-refractivity contribution is 0.102. The van der Waals surface area contributed by atoms with Crippen molar-refractivity contribution < 1.29 is 18.7 Å². The van der Waals surface area contributed by atoms with Crippen molar-refractivity contribution in [1.29, 1.82) is 0 Å². The molecule has 0 saturated heterocycles. The van der Waals surface area contributed by atoms with Crippen LogP contribution in [0.15, 0.2) is 72.1 Å². The van der Waals surface area contributed by atoms with Crippen LogP contribution in [0.3, 0.4) is 0 Å². The molecule has 2 N–H and O–H groups in total. The summed E-state index contributed by atoms with van der Waals surface area (Å²) in [7, 11) is 3.01. The molecular formula is C24H20FN3O3S. The third-order valence-corrected chi connectivity index (χ3v) is 5.43. The van der Waals surface area contributed by atoms with Gasteiger partial charge in [0, 0.05) is 22.3 Å². The van der Waals surface area contributed by atoms with E-state index in [0.29, 0.717) is 27.9 Å². The van der Waals surface area contributed by atoms with Crippen molar-refractivity contribution in [3.05, 3.63) is 83.5 Å². The number of hydrogen-bond acceptors (Lipinski definition) is 6. The molecule has 32 heavy (non-hydrogen) atoms. The van der Waals surface area contributed by atoms with Gasteiger partial charge in [-0.15, -0.1) is 11.3 Å². The van der Waals surface area contributed by atoms with E-state index in [4.69, 9.17) is 9.47 Å². The van der Waals surface area contributed by atoms with E-state index >= 15 is 0 Å². The van der Waals surface area contributed by atoms with E-state index in [1.54, 1.807) is 36.4 Å². The normalized spacial score (nSPS) is 10.5. The number of aromatic nitrogens is 1. The van der Waals surface area contributed by atoms with Crippen LogP contribution in [-0.2, 0) is 0 Å². The Hall–Kier alpha value is -3.91. The van der Waals surface area contributed by atoms with Gasteiger partial charge < -0.3 is 20.1 Å². The summed E-state index contributed by atoms with van der Waals surface area (Å²) < 4.78 is 23.7. The average molecular weight is 450 g/mol. The SMILES string of the molecule is COc1cccc(OC)c1C(=O)Nc1cccc(-c2csc(Nc3ccc(F)cc3)n2)c1. The molecule has 0 aliphatic heterocycles. The maximum Gasteiger partial charge on any atom is 0.263 e. The molecule has 0 aliphatic carbocycles. The summed E-state index contributed by atoms with van der Waals surface area (Å²) in [6.45, 7) is 0. The second-order valence-corrected chi connectivity index (χ2v) is 7.60. The Labute approximate surface area is 188 Å². The van der Waals surface area contributed by atoms with Gasteiger partial charge in [-0.25, -0.2) is 9.37 Å². The van der Waals surface area contributed by atoms with Crippen LogP contribution in [0.2, 0.25) is 0 Å².